The summed E-state index contributed by atoms with van der Waals surface area (Å²) in [6.07, 6.45) is 3.71. The Morgan fingerprint density at radius 3 is 2.88 bits per heavy atom. The Labute approximate surface area is 94.4 Å². The zero-order chi connectivity index (χ0) is 11.5. The second-order valence-electron chi connectivity index (χ2n) is 4.22. The van der Waals surface area contributed by atoms with E-state index in [-0.39, 0.29) is 11.3 Å². The van der Waals surface area contributed by atoms with Gasteiger partial charge >= 0.3 is 0 Å². The summed E-state index contributed by atoms with van der Waals surface area (Å²) < 4.78 is 18.5. The molecule has 0 aliphatic heterocycles. The molecule has 0 unspecified atom stereocenters. The number of ketones is 1. The van der Waals surface area contributed by atoms with Crippen molar-refractivity contribution in [2.24, 2.45) is 5.92 Å². The van der Waals surface area contributed by atoms with Crippen LogP contribution in [0.1, 0.15) is 36.0 Å². The van der Waals surface area contributed by atoms with Crippen LogP contribution in [0.2, 0.25) is 0 Å². The number of hydrogen-bond donors (Lipinski definition) is 0. The van der Waals surface area contributed by atoms with E-state index in [9.17, 15) is 9.18 Å². The van der Waals surface area contributed by atoms with Gasteiger partial charge in [0.25, 0.3) is 0 Å². The number of ether oxygens (including phenoxy) is 1. The molecule has 0 saturated heterocycles. The second kappa shape index (κ2) is 4.64. The Bertz CT molecular complexity index is 397. The van der Waals surface area contributed by atoms with E-state index in [1.165, 1.54) is 26.0 Å². The number of halogens is 1. The minimum Gasteiger partial charge on any atom is -0.496 e. The topological polar surface area (TPSA) is 26.3 Å². The van der Waals surface area contributed by atoms with Crippen LogP contribution < -0.4 is 4.74 Å². The Morgan fingerprint density at radius 2 is 2.25 bits per heavy atom. The molecule has 16 heavy (non-hydrogen) atoms. The summed E-state index contributed by atoms with van der Waals surface area (Å²) >= 11 is 0. The maximum absolute atomic E-state index is 13.5. The standard InChI is InChI=1S/C13H15FO2/c1-16-12-4-2-3-10(14)13(12)11(15)8-7-9-5-6-9/h2-4,9H,5-8H2,1H3. The predicted molar refractivity (Wildman–Crippen MR) is 59.2 cm³/mol. The van der Waals surface area contributed by atoms with Crippen LogP contribution in [0.25, 0.3) is 0 Å². The fraction of sp³-hybridized carbons (Fsp3) is 0.462. The molecule has 3 heteroatoms. The Morgan fingerprint density at radius 1 is 1.50 bits per heavy atom. The van der Waals surface area contributed by atoms with Gasteiger partial charge in [0.05, 0.1) is 12.7 Å². The molecule has 0 spiro atoms. The highest BCUT2D eigenvalue weighted by Crippen LogP contribution is 2.34. The van der Waals surface area contributed by atoms with Crippen molar-refractivity contribution in [1.29, 1.82) is 0 Å². The van der Waals surface area contributed by atoms with Crippen molar-refractivity contribution in [1.82, 2.24) is 0 Å². The van der Waals surface area contributed by atoms with Gasteiger partial charge in [-0.1, -0.05) is 18.9 Å². The van der Waals surface area contributed by atoms with Crippen LogP contribution in [0.4, 0.5) is 4.39 Å². The summed E-state index contributed by atoms with van der Waals surface area (Å²) in [7, 11) is 1.45. The number of carbonyl (C=O) groups is 1. The first kappa shape index (κ1) is 11.1. The fourth-order valence-corrected chi connectivity index (χ4v) is 1.81. The molecule has 1 aliphatic rings. The molecule has 0 heterocycles. The number of carbonyl (C=O) groups excluding carboxylic acids is 1. The summed E-state index contributed by atoms with van der Waals surface area (Å²) in [4.78, 5) is 11.9. The van der Waals surface area contributed by atoms with Gasteiger partial charge in [-0.25, -0.2) is 4.39 Å². The summed E-state index contributed by atoms with van der Waals surface area (Å²) in [6.45, 7) is 0. The number of hydrogen-bond acceptors (Lipinski definition) is 2. The third kappa shape index (κ3) is 2.40. The molecule has 86 valence electrons. The summed E-state index contributed by atoms with van der Waals surface area (Å²) in [6, 6.07) is 4.46. The smallest absolute Gasteiger partial charge is 0.169 e. The Hall–Kier alpha value is -1.38. The van der Waals surface area contributed by atoms with Gasteiger partial charge in [-0.15, -0.1) is 0 Å². The van der Waals surface area contributed by atoms with Crippen molar-refractivity contribution in [2.75, 3.05) is 7.11 Å². The number of methoxy groups -OCH3 is 1. The molecule has 0 amide bonds. The predicted octanol–water partition coefficient (Wildman–Crippen LogP) is 3.21. The molecule has 0 bridgehead atoms. The van der Waals surface area contributed by atoms with E-state index in [1.807, 2.05) is 0 Å². The molecule has 0 atom stereocenters. The Kier molecular flexibility index (Phi) is 3.22. The molecule has 2 nitrogen and oxygen atoms in total. The number of benzene rings is 1. The maximum atomic E-state index is 13.5. The fourth-order valence-electron chi connectivity index (χ4n) is 1.81. The van der Waals surface area contributed by atoms with Gasteiger partial charge in [-0.2, -0.15) is 0 Å². The minimum atomic E-state index is -0.486. The average molecular weight is 222 g/mol. The van der Waals surface area contributed by atoms with Crippen LogP contribution in [0.3, 0.4) is 0 Å². The molecule has 1 aliphatic carbocycles. The minimum absolute atomic E-state index is 0.102. The van der Waals surface area contributed by atoms with Crippen LogP contribution in [-0.2, 0) is 0 Å². The van der Waals surface area contributed by atoms with Crippen LogP contribution in [0.15, 0.2) is 18.2 Å². The number of Topliss-reactive ketones (excluding diaryl/α,β-unsaturated/α-hetero) is 1. The van der Waals surface area contributed by atoms with E-state index in [0.717, 1.165) is 6.42 Å². The molecule has 0 aromatic heterocycles. The van der Waals surface area contributed by atoms with Gasteiger partial charge < -0.3 is 4.74 Å². The van der Waals surface area contributed by atoms with E-state index in [1.54, 1.807) is 12.1 Å². The second-order valence-corrected chi connectivity index (χ2v) is 4.22. The van der Waals surface area contributed by atoms with Crippen LogP contribution in [0.5, 0.6) is 5.75 Å². The third-order valence-electron chi connectivity index (χ3n) is 2.95. The lowest BCUT2D eigenvalue weighted by Gasteiger charge is -2.08. The molecular formula is C13H15FO2. The van der Waals surface area contributed by atoms with Crippen molar-refractivity contribution in [3.63, 3.8) is 0 Å². The molecule has 0 N–H and O–H groups in total. The highest BCUT2D eigenvalue weighted by atomic mass is 19.1. The van der Waals surface area contributed by atoms with Crippen molar-refractivity contribution < 1.29 is 13.9 Å². The van der Waals surface area contributed by atoms with E-state index in [0.29, 0.717) is 18.1 Å². The van der Waals surface area contributed by atoms with Crippen LogP contribution >= 0.6 is 0 Å². The van der Waals surface area contributed by atoms with Gasteiger partial charge in [-0.3, -0.25) is 4.79 Å². The molecular weight excluding hydrogens is 207 g/mol. The molecule has 1 aromatic carbocycles. The van der Waals surface area contributed by atoms with Crippen LogP contribution in [0, 0.1) is 11.7 Å². The normalized spacial score (nSPS) is 14.9. The first-order valence-electron chi connectivity index (χ1n) is 5.58. The highest BCUT2D eigenvalue weighted by Gasteiger charge is 2.24. The van der Waals surface area contributed by atoms with Gasteiger partial charge in [-0.05, 0) is 24.5 Å². The molecule has 1 aromatic rings. The third-order valence-corrected chi connectivity index (χ3v) is 2.95. The lowest BCUT2D eigenvalue weighted by molar-refractivity contribution is 0.0971. The van der Waals surface area contributed by atoms with Crippen molar-refractivity contribution in [3.8, 4) is 5.75 Å². The average Bonchev–Trinajstić information content (AvgIpc) is 3.09. The van der Waals surface area contributed by atoms with Gasteiger partial charge in [0.1, 0.15) is 11.6 Å². The molecule has 1 fully saturated rings. The molecule has 2 rings (SSSR count). The van der Waals surface area contributed by atoms with Crippen molar-refractivity contribution in [2.45, 2.75) is 25.7 Å². The lowest BCUT2D eigenvalue weighted by atomic mass is 10.0. The van der Waals surface area contributed by atoms with Crippen molar-refractivity contribution in [3.05, 3.63) is 29.6 Å². The van der Waals surface area contributed by atoms with Gasteiger partial charge in [0, 0.05) is 6.42 Å². The maximum Gasteiger partial charge on any atom is 0.169 e. The quantitative estimate of drug-likeness (QED) is 0.715. The largest absolute Gasteiger partial charge is 0.496 e. The van der Waals surface area contributed by atoms with E-state index >= 15 is 0 Å². The first-order chi connectivity index (χ1) is 7.72. The zero-order valence-electron chi connectivity index (χ0n) is 9.33. The lowest BCUT2D eigenvalue weighted by Crippen LogP contribution is -2.05. The molecule has 0 radical (unpaired) electrons. The van der Waals surface area contributed by atoms with E-state index < -0.39 is 5.82 Å². The summed E-state index contributed by atoms with van der Waals surface area (Å²) in [5.74, 6) is 0.379. The first-order valence-corrected chi connectivity index (χ1v) is 5.58. The summed E-state index contributed by atoms with van der Waals surface area (Å²) in [5.41, 5.74) is 0.102. The van der Waals surface area contributed by atoms with Gasteiger partial charge in [0.2, 0.25) is 0 Å². The SMILES string of the molecule is COc1cccc(F)c1C(=O)CCC1CC1. The highest BCUT2D eigenvalue weighted by molar-refractivity contribution is 5.98. The number of rotatable bonds is 5. The Balaban J connectivity index is 2.13. The van der Waals surface area contributed by atoms with Crippen LogP contribution in [-0.4, -0.2) is 12.9 Å². The zero-order valence-corrected chi connectivity index (χ0v) is 9.33. The van der Waals surface area contributed by atoms with Gasteiger partial charge in [0.15, 0.2) is 5.78 Å². The van der Waals surface area contributed by atoms with E-state index in [4.69, 9.17) is 4.74 Å². The monoisotopic (exact) mass is 222 g/mol. The summed E-state index contributed by atoms with van der Waals surface area (Å²) in [5, 5.41) is 0. The molecule has 1 saturated carbocycles. The van der Waals surface area contributed by atoms with E-state index in [2.05, 4.69) is 0 Å². The van der Waals surface area contributed by atoms with Crippen molar-refractivity contribution >= 4 is 5.78 Å².